The van der Waals surface area contributed by atoms with Gasteiger partial charge in [0.15, 0.2) is 0 Å². The van der Waals surface area contributed by atoms with Crippen LogP contribution in [0, 0.1) is 5.92 Å². The summed E-state index contributed by atoms with van der Waals surface area (Å²) in [7, 11) is 0. The Balaban J connectivity index is 1.96. The molecule has 5 heteroatoms. The van der Waals surface area contributed by atoms with Gasteiger partial charge in [0.05, 0.1) is 15.6 Å². The van der Waals surface area contributed by atoms with Gasteiger partial charge >= 0.3 is 0 Å². The number of nitrogens with one attached hydrogen (secondary N) is 1. The molecule has 0 spiro atoms. The summed E-state index contributed by atoms with van der Waals surface area (Å²) in [4.78, 5) is 14.3. The minimum atomic E-state index is -0.0144. The van der Waals surface area contributed by atoms with Crippen LogP contribution in [-0.2, 0) is 0 Å². The number of likely N-dealkylation sites (tertiary alicyclic amines) is 1. The number of carbonyl (C=O) groups is 1. The van der Waals surface area contributed by atoms with Gasteiger partial charge in [-0.25, -0.2) is 0 Å². The third kappa shape index (κ3) is 3.66. The molecule has 20 heavy (non-hydrogen) atoms. The molecule has 1 aromatic carbocycles. The van der Waals surface area contributed by atoms with E-state index in [1.165, 1.54) is 0 Å². The number of rotatable bonds is 4. The van der Waals surface area contributed by atoms with Crippen molar-refractivity contribution >= 4 is 29.1 Å². The fourth-order valence-electron chi connectivity index (χ4n) is 2.53. The molecular formula is C15H20Cl2N2O. The summed E-state index contributed by atoms with van der Waals surface area (Å²) < 4.78 is 0. The Hall–Kier alpha value is -0.770. The third-order valence-electron chi connectivity index (χ3n) is 3.77. The molecule has 2 rings (SSSR count). The molecular weight excluding hydrogens is 295 g/mol. The van der Waals surface area contributed by atoms with Crippen molar-refractivity contribution in [2.45, 2.75) is 19.8 Å². The minimum Gasteiger partial charge on any atom is -0.339 e. The minimum absolute atomic E-state index is 0.0144. The van der Waals surface area contributed by atoms with Gasteiger partial charge in [0.25, 0.3) is 5.91 Å². The molecule has 0 saturated carbocycles. The Morgan fingerprint density at radius 3 is 2.70 bits per heavy atom. The number of amides is 1. The van der Waals surface area contributed by atoms with Crippen LogP contribution < -0.4 is 5.32 Å². The normalized spacial score (nSPS) is 16.4. The lowest BCUT2D eigenvalue weighted by atomic mass is 9.96. The summed E-state index contributed by atoms with van der Waals surface area (Å²) in [6.07, 6.45) is 2.08. The molecule has 1 aromatic rings. The van der Waals surface area contributed by atoms with Crippen LogP contribution in [-0.4, -0.2) is 37.0 Å². The van der Waals surface area contributed by atoms with Gasteiger partial charge in [-0.3, -0.25) is 4.79 Å². The Bertz CT molecular complexity index is 471. The quantitative estimate of drug-likeness (QED) is 0.923. The summed E-state index contributed by atoms with van der Waals surface area (Å²) in [5, 5.41) is 4.15. The van der Waals surface area contributed by atoms with Gasteiger partial charge in [-0.15, -0.1) is 0 Å². The molecule has 0 aliphatic carbocycles. The van der Waals surface area contributed by atoms with Crippen LogP contribution in [0.2, 0.25) is 10.0 Å². The molecule has 0 aromatic heterocycles. The molecule has 0 radical (unpaired) electrons. The van der Waals surface area contributed by atoms with E-state index < -0.39 is 0 Å². The molecule has 0 unspecified atom stereocenters. The highest BCUT2D eigenvalue weighted by Crippen LogP contribution is 2.27. The lowest BCUT2D eigenvalue weighted by molar-refractivity contribution is 0.0690. The molecule has 110 valence electrons. The first-order chi connectivity index (χ1) is 9.63. The van der Waals surface area contributed by atoms with E-state index in [1.807, 2.05) is 4.90 Å². The molecule has 1 N–H and O–H groups in total. The SMILES string of the molecule is CCNCC1CCN(C(=O)c2cccc(Cl)c2Cl)CC1. The monoisotopic (exact) mass is 314 g/mol. The second-order valence-electron chi connectivity index (χ2n) is 5.14. The first-order valence-electron chi connectivity index (χ1n) is 7.07. The van der Waals surface area contributed by atoms with Crippen molar-refractivity contribution in [3.05, 3.63) is 33.8 Å². The van der Waals surface area contributed by atoms with E-state index >= 15 is 0 Å². The highest BCUT2D eigenvalue weighted by molar-refractivity contribution is 6.43. The van der Waals surface area contributed by atoms with Crippen molar-refractivity contribution in [2.24, 2.45) is 5.92 Å². The van der Waals surface area contributed by atoms with Crippen LogP contribution in [0.4, 0.5) is 0 Å². The van der Waals surface area contributed by atoms with Crippen LogP contribution in [0.15, 0.2) is 18.2 Å². The highest BCUT2D eigenvalue weighted by Gasteiger charge is 2.25. The van der Waals surface area contributed by atoms with Gasteiger partial charge in [0.1, 0.15) is 0 Å². The van der Waals surface area contributed by atoms with Crippen LogP contribution in [0.3, 0.4) is 0 Å². The molecule has 1 aliphatic rings. The average molecular weight is 315 g/mol. The van der Waals surface area contributed by atoms with E-state index in [0.29, 0.717) is 21.5 Å². The molecule has 1 amide bonds. The van der Waals surface area contributed by atoms with Gasteiger partial charge in [0, 0.05) is 13.1 Å². The van der Waals surface area contributed by atoms with Crippen molar-refractivity contribution < 1.29 is 4.79 Å². The average Bonchev–Trinajstić information content (AvgIpc) is 2.48. The van der Waals surface area contributed by atoms with Crippen molar-refractivity contribution in [1.29, 1.82) is 0 Å². The number of carbonyl (C=O) groups excluding carboxylic acids is 1. The van der Waals surface area contributed by atoms with Crippen molar-refractivity contribution in [3.8, 4) is 0 Å². The Morgan fingerprint density at radius 1 is 1.35 bits per heavy atom. The first kappa shape index (κ1) is 15.6. The largest absolute Gasteiger partial charge is 0.339 e. The summed E-state index contributed by atoms with van der Waals surface area (Å²) in [6.45, 7) is 5.73. The summed E-state index contributed by atoms with van der Waals surface area (Å²) in [6, 6.07) is 5.20. The predicted octanol–water partition coefficient (Wildman–Crippen LogP) is 3.46. The number of nitrogens with zero attached hydrogens (tertiary/aromatic N) is 1. The smallest absolute Gasteiger partial charge is 0.255 e. The summed E-state index contributed by atoms with van der Waals surface area (Å²) in [5.41, 5.74) is 0.504. The van der Waals surface area contributed by atoms with Crippen molar-refractivity contribution in [1.82, 2.24) is 10.2 Å². The van der Waals surface area contributed by atoms with Gasteiger partial charge < -0.3 is 10.2 Å². The van der Waals surface area contributed by atoms with E-state index in [2.05, 4.69) is 12.2 Å². The first-order valence-corrected chi connectivity index (χ1v) is 7.83. The van der Waals surface area contributed by atoms with Crippen LogP contribution in [0.25, 0.3) is 0 Å². The van der Waals surface area contributed by atoms with E-state index in [1.54, 1.807) is 18.2 Å². The summed E-state index contributed by atoms with van der Waals surface area (Å²) in [5.74, 6) is 0.647. The van der Waals surface area contributed by atoms with E-state index in [-0.39, 0.29) is 5.91 Å². The maximum Gasteiger partial charge on any atom is 0.255 e. The lowest BCUT2D eigenvalue weighted by Crippen LogP contribution is -2.40. The standard InChI is InChI=1S/C15H20Cl2N2O/c1-2-18-10-11-6-8-19(9-7-11)15(20)12-4-3-5-13(16)14(12)17/h3-5,11,18H,2,6-10H2,1H3. The zero-order valence-electron chi connectivity index (χ0n) is 11.7. The Morgan fingerprint density at radius 2 is 2.05 bits per heavy atom. The molecule has 0 bridgehead atoms. The lowest BCUT2D eigenvalue weighted by Gasteiger charge is -2.32. The molecule has 3 nitrogen and oxygen atoms in total. The second kappa shape index (κ2) is 7.30. The molecule has 1 heterocycles. The van der Waals surface area contributed by atoms with Gasteiger partial charge in [-0.05, 0) is 44.0 Å². The van der Waals surface area contributed by atoms with Crippen LogP contribution >= 0.6 is 23.2 Å². The predicted molar refractivity (Wildman–Crippen MR) is 83.6 cm³/mol. The maximum atomic E-state index is 12.5. The fourth-order valence-corrected chi connectivity index (χ4v) is 2.91. The van der Waals surface area contributed by atoms with Gasteiger partial charge in [0.2, 0.25) is 0 Å². The second-order valence-corrected chi connectivity index (χ2v) is 5.93. The van der Waals surface area contributed by atoms with E-state index in [4.69, 9.17) is 23.2 Å². The zero-order chi connectivity index (χ0) is 14.5. The van der Waals surface area contributed by atoms with Gasteiger partial charge in [-0.2, -0.15) is 0 Å². The third-order valence-corrected chi connectivity index (χ3v) is 4.59. The number of hydrogen-bond acceptors (Lipinski definition) is 2. The molecule has 0 atom stereocenters. The van der Waals surface area contributed by atoms with E-state index in [0.717, 1.165) is 39.0 Å². The number of piperidine rings is 1. The zero-order valence-corrected chi connectivity index (χ0v) is 13.2. The van der Waals surface area contributed by atoms with E-state index in [9.17, 15) is 4.79 Å². The fraction of sp³-hybridized carbons (Fsp3) is 0.533. The Labute approximate surface area is 130 Å². The topological polar surface area (TPSA) is 32.3 Å². The van der Waals surface area contributed by atoms with Crippen molar-refractivity contribution in [2.75, 3.05) is 26.2 Å². The van der Waals surface area contributed by atoms with Crippen LogP contribution in [0.1, 0.15) is 30.1 Å². The van der Waals surface area contributed by atoms with Gasteiger partial charge in [-0.1, -0.05) is 36.2 Å². The van der Waals surface area contributed by atoms with Crippen LogP contribution in [0.5, 0.6) is 0 Å². The maximum absolute atomic E-state index is 12.5. The number of halogens is 2. The molecule has 1 fully saturated rings. The number of benzene rings is 1. The highest BCUT2D eigenvalue weighted by atomic mass is 35.5. The summed E-state index contributed by atoms with van der Waals surface area (Å²) >= 11 is 12.1. The molecule has 1 aliphatic heterocycles. The van der Waals surface area contributed by atoms with Crippen molar-refractivity contribution in [3.63, 3.8) is 0 Å². The Kier molecular flexibility index (Phi) is 5.70. The number of hydrogen-bond donors (Lipinski definition) is 1. The molecule has 1 saturated heterocycles.